The number of aliphatic carboxylic acids is 1. The zero-order chi connectivity index (χ0) is 26.6. The Kier molecular flexibility index (Phi) is 8.20. The van der Waals surface area contributed by atoms with Crippen LogP contribution in [-0.4, -0.2) is 73.8 Å². The number of β-lactam (4-membered cyclic amide) rings is 1. The number of aromatic nitrogens is 1. The number of nitrogens with two attached hydrogens (primary N) is 1. The maximum atomic E-state index is 13.0. The van der Waals surface area contributed by atoms with E-state index in [0.29, 0.717) is 11.3 Å². The van der Waals surface area contributed by atoms with Gasteiger partial charge in [0.15, 0.2) is 10.8 Å². The zero-order valence-electron chi connectivity index (χ0n) is 19.7. The summed E-state index contributed by atoms with van der Waals surface area (Å²) in [6.45, 7) is 8.65. The normalized spacial score (nSPS) is 20.0. The van der Waals surface area contributed by atoms with E-state index in [1.54, 1.807) is 20.8 Å². The van der Waals surface area contributed by atoms with Crippen LogP contribution in [0.5, 0.6) is 0 Å². The Bertz CT molecular complexity index is 1180. The lowest BCUT2D eigenvalue weighted by Gasteiger charge is -2.49. The number of nitrogens with one attached hydrogen (secondary N) is 1. The van der Waals surface area contributed by atoms with Crippen molar-refractivity contribution in [1.82, 2.24) is 15.2 Å². The van der Waals surface area contributed by atoms with Crippen molar-refractivity contribution < 1.29 is 33.9 Å². The Morgan fingerprint density at radius 1 is 1.42 bits per heavy atom. The highest BCUT2D eigenvalue weighted by atomic mass is 32.2. The second kappa shape index (κ2) is 11.0. The molecule has 1 saturated heterocycles. The van der Waals surface area contributed by atoms with Gasteiger partial charge in [0.25, 0.3) is 11.8 Å². The van der Waals surface area contributed by atoms with E-state index in [1.165, 1.54) is 35.4 Å². The highest BCUT2D eigenvalue weighted by Crippen LogP contribution is 2.40. The van der Waals surface area contributed by atoms with Gasteiger partial charge in [-0.2, -0.15) is 0 Å². The van der Waals surface area contributed by atoms with Crippen LogP contribution in [-0.2, 0) is 28.8 Å². The SMILES string of the molecule is C=CC1=C(C(=O)O)N2C(=O)C(NC(=O)/C(=N\OC/C=C/C(=O)OC(C)(C)C)c3csc(N)n3)[C@H]2SC1. The maximum Gasteiger partial charge on any atom is 0.352 e. The van der Waals surface area contributed by atoms with Gasteiger partial charge in [0.2, 0.25) is 0 Å². The number of oxime groups is 1. The van der Waals surface area contributed by atoms with Crippen LogP contribution < -0.4 is 11.1 Å². The molecule has 2 amide bonds. The van der Waals surface area contributed by atoms with Crippen LogP contribution in [0.3, 0.4) is 0 Å². The lowest BCUT2D eigenvalue weighted by Crippen LogP contribution is -2.71. The van der Waals surface area contributed by atoms with Gasteiger partial charge in [-0.1, -0.05) is 17.8 Å². The number of thioether (sulfide) groups is 1. The number of fused-ring (bicyclic) bond motifs is 1. The lowest BCUT2D eigenvalue weighted by molar-refractivity contribution is -0.150. The summed E-state index contributed by atoms with van der Waals surface area (Å²) in [5.41, 5.74) is 5.21. The van der Waals surface area contributed by atoms with Crippen molar-refractivity contribution >= 4 is 57.7 Å². The first-order valence-electron chi connectivity index (χ1n) is 10.6. The van der Waals surface area contributed by atoms with Crippen LogP contribution in [0.15, 0.2) is 46.6 Å². The smallest absolute Gasteiger partial charge is 0.352 e. The molecule has 1 aromatic heterocycles. The Labute approximate surface area is 214 Å². The minimum Gasteiger partial charge on any atom is -0.477 e. The molecule has 12 nitrogen and oxygen atoms in total. The van der Waals surface area contributed by atoms with Crippen molar-refractivity contribution in [2.75, 3.05) is 18.1 Å². The molecule has 3 heterocycles. The van der Waals surface area contributed by atoms with Crippen molar-refractivity contribution in [3.63, 3.8) is 0 Å². The number of amides is 2. The number of carboxylic acid groups (broad SMARTS) is 1. The minimum absolute atomic E-state index is 0.131. The van der Waals surface area contributed by atoms with Gasteiger partial charge in [-0.3, -0.25) is 14.5 Å². The van der Waals surface area contributed by atoms with Crippen LogP contribution in [0.25, 0.3) is 0 Å². The van der Waals surface area contributed by atoms with Gasteiger partial charge in [-0.15, -0.1) is 23.1 Å². The number of carbonyl (C=O) groups is 4. The van der Waals surface area contributed by atoms with E-state index < -0.39 is 40.8 Å². The number of thiazole rings is 1. The summed E-state index contributed by atoms with van der Waals surface area (Å²) in [4.78, 5) is 59.5. The first-order valence-corrected chi connectivity index (χ1v) is 12.5. The molecule has 2 atom stereocenters. The summed E-state index contributed by atoms with van der Waals surface area (Å²) in [5.74, 6) is -2.82. The third-order valence-electron chi connectivity index (χ3n) is 4.70. The number of carboxylic acids is 1. The summed E-state index contributed by atoms with van der Waals surface area (Å²) in [6.07, 6.45) is 3.94. The van der Waals surface area contributed by atoms with Crippen molar-refractivity contribution in [2.45, 2.75) is 37.8 Å². The fraction of sp³-hybridized carbons (Fsp3) is 0.364. The average molecular weight is 536 g/mol. The summed E-state index contributed by atoms with van der Waals surface area (Å²) >= 11 is 2.39. The number of ether oxygens (including phenoxy) is 1. The predicted molar refractivity (Wildman–Crippen MR) is 134 cm³/mol. The summed E-state index contributed by atoms with van der Waals surface area (Å²) < 4.78 is 5.14. The quantitative estimate of drug-likeness (QED) is 0.104. The largest absolute Gasteiger partial charge is 0.477 e. The third-order valence-corrected chi connectivity index (χ3v) is 6.68. The minimum atomic E-state index is -1.25. The molecule has 0 spiro atoms. The molecule has 0 bridgehead atoms. The number of anilines is 1. The van der Waals surface area contributed by atoms with Gasteiger partial charge >= 0.3 is 11.9 Å². The van der Waals surface area contributed by atoms with Crippen LogP contribution in [0.4, 0.5) is 5.13 Å². The van der Waals surface area contributed by atoms with E-state index in [1.807, 2.05) is 0 Å². The third kappa shape index (κ3) is 6.12. The van der Waals surface area contributed by atoms with Crippen molar-refractivity contribution in [3.05, 3.63) is 47.2 Å². The van der Waals surface area contributed by atoms with Gasteiger partial charge < -0.3 is 25.7 Å². The number of nitrogen functional groups attached to an aromatic ring is 1. The molecule has 0 saturated carbocycles. The number of esters is 1. The van der Waals surface area contributed by atoms with Gasteiger partial charge in [0.1, 0.15) is 35.0 Å². The molecule has 2 aliphatic heterocycles. The molecule has 1 aromatic rings. The van der Waals surface area contributed by atoms with Crippen LogP contribution >= 0.6 is 23.1 Å². The fourth-order valence-electron chi connectivity index (χ4n) is 3.24. The molecule has 0 aliphatic carbocycles. The number of rotatable bonds is 9. The van der Waals surface area contributed by atoms with Crippen LogP contribution in [0, 0.1) is 0 Å². The van der Waals surface area contributed by atoms with Crippen molar-refractivity contribution in [1.29, 1.82) is 0 Å². The lowest BCUT2D eigenvalue weighted by atomic mass is 10.0. The second-order valence-corrected chi connectivity index (χ2v) is 10.5. The Hall–Kier alpha value is -3.65. The molecular formula is C22H25N5O7S2. The first-order chi connectivity index (χ1) is 16.9. The van der Waals surface area contributed by atoms with Crippen LogP contribution in [0.2, 0.25) is 0 Å². The number of carbonyl (C=O) groups excluding carboxylic acids is 3. The van der Waals surface area contributed by atoms with E-state index in [4.69, 9.17) is 15.3 Å². The van der Waals surface area contributed by atoms with Crippen molar-refractivity contribution in [2.24, 2.45) is 5.16 Å². The van der Waals surface area contributed by atoms with E-state index >= 15 is 0 Å². The fourth-order valence-corrected chi connectivity index (χ4v) is 5.12. The summed E-state index contributed by atoms with van der Waals surface area (Å²) in [5, 5.41) is 17.0. The van der Waals surface area contributed by atoms with Crippen LogP contribution in [0.1, 0.15) is 26.5 Å². The highest BCUT2D eigenvalue weighted by molar-refractivity contribution is 8.00. The Morgan fingerprint density at radius 3 is 2.72 bits per heavy atom. The monoisotopic (exact) mass is 535 g/mol. The molecule has 1 fully saturated rings. The predicted octanol–water partition coefficient (Wildman–Crippen LogP) is 1.27. The zero-order valence-corrected chi connectivity index (χ0v) is 21.4. The number of nitrogens with zero attached hydrogens (tertiary/aromatic N) is 3. The molecule has 0 radical (unpaired) electrons. The average Bonchev–Trinajstić information content (AvgIpc) is 3.22. The first kappa shape index (κ1) is 26.9. The number of allylic oxidation sites excluding steroid dienone is 1. The number of hydrogen-bond donors (Lipinski definition) is 3. The van der Waals surface area contributed by atoms with E-state index in [0.717, 1.165) is 16.2 Å². The van der Waals surface area contributed by atoms with E-state index in [-0.39, 0.29) is 28.8 Å². The maximum absolute atomic E-state index is 13.0. The topological polar surface area (TPSA) is 174 Å². The Morgan fingerprint density at radius 2 is 2.14 bits per heavy atom. The summed E-state index contributed by atoms with van der Waals surface area (Å²) in [7, 11) is 0. The van der Waals surface area contributed by atoms with Gasteiger partial charge in [-0.05, 0) is 32.4 Å². The molecule has 4 N–H and O–H groups in total. The Balaban J connectivity index is 1.70. The molecule has 1 unspecified atom stereocenters. The standard InChI is InChI=1S/C22H25N5O7S2/c1-5-11-9-35-19-15(18(30)27(19)16(11)20(31)32)25-17(29)14(12-10-36-21(23)24-12)26-33-8-6-7-13(28)34-22(2,3)4/h5-7,10,15,19H,1,8-9H2,2-4H3,(H2,23,24)(H,25,29)(H,31,32)/b7-6+,26-14-/t15?,19-/m1/s1. The van der Waals surface area contributed by atoms with Gasteiger partial charge in [0, 0.05) is 17.2 Å². The van der Waals surface area contributed by atoms with E-state index in [2.05, 4.69) is 22.0 Å². The van der Waals surface area contributed by atoms with E-state index in [9.17, 15) is 24.3 Å². The second-order valence-electron chi connectivity index (χ2n) is 8.49. The molecular weight excluding hydrogens is 510 g/mol. The molecule has 192 valence electrons. The molecule has 3 rings (SSSR count). The molecule has 36 heavy (non-hydrogen) atoms. The number of hydrogen-bond acceptors (Lipinski definition) is 11. The van der Waals surface area contributed by atoms with Gasteiger partial charge in [0.05, 0.1) is 0 Å². The molecule has 0 aromatic carbocycles. The highest BCUT2D eigenvalue weighted by Gasteiger charge is 2.54. The molecule has 2 aliphatic rings. The summed E-state index contributed by atoms with van der Waals surface area (Å²) in [6, 6.07) is -0.975. The van der Waals surface area contributed by atoms with Gasteiger partial charge in [-0.25, -0.2) is 14.6 Å². The molecule has 14 heteroatoms. The van der Waals surface area contributed by atoms with Crippen molar-refractivity contribution in [3.8, 4) is 0 Å².